The molecule has 1 aliphatic heterocycles. The third-order valence-electron chi connectivity index (χ3n) is 4.15. The first-order valence-electron chi connectivity index (χ1n) is 8.50. The van der Waals surface area contributed by atoms with Gasteiger partial charge in [-0.2, -0.15) is 8.42 Å². The molecule has 1 N–H and O–H groups in total. The summed E-state index contributed by atoms with van der Waals surface area (Å²) < 4.78 is 43.2. The van der Waals surface area contributed by atoms with Gasteiger partial charge in [-0.3, -0.25) is 0 Å². The summed E-state index contributed by atoms with van der Waals surface area (Å²) in [5, 5.41) is 3.15. The maximum Gasteiger partial charge on any atom is 0.331 e. The van der Waals surface area contributed by atoms with Crippen LogP contribution < -0.4 is 13.9 Å². The first kappa shape index (κ1) is 21.2. The van der Waals surface area contributed by atoms with Crippen LogP contribution in [0.25, 0.3) is 0 Å². The van der Waals surface area contributed by atoms with Gasteiger partial charge in [0, 0.05) is 6.54 Å². The lowest BCUT2D eigenvalue weighted by atomic mass is 10.2. The molecule has 0 unspecified atom stereocenters. The molecule has 1 heterocycles. The average molecular weight is 412 g/mol. The number of aryl methyl sites for hydroxylation is 1. The predicted octanol–water partition coefficient (Wildman–Crippen LogP) is 3.92. The van der Waals surface area contributed by atoms with Crippen molar-refractivity contribution in [3.05, 3.63) is 66.0 Å². The largest absolute Gasteiger partial charge is 0.331 e. The number of hydrogen-bond acceptors (Lipinski definition) is 3. The monoisotopic (exact) mass is 411 g/mol. The second-order valence-electron chi connectivity index (χ2n) is 6.03. The Morgan fingerprint density at radius 3 is 2.44 bits per heavy atom. The third-order valence-corrected chi connectivity index (χ3v) is 5.91. The van der Waals surface area contributed by atoms with Gasteiger partial charge < -0.3 is 5.32 Å². The lowest BCUT2D eigenvalue weighted by Gasteiger charge is -2.21. The Kier molecular flexibility index (Phi) is 6.86. The molecule has 0 aliphatic carbocycles. The lowest BCUT2D eigenvalue weighted by molar-refractivity contribution is 0.592. The van der Waals surface area contributed by atoms with Crippen molar-refractivity contribution in [3.63, 3.8) is 0 Å². The van der Waals surface area contributed by atoms with E-state index in [-0.39, 0.29) is 24.6 Å². The van der Waals surface area contributed by atoms with E-state index in [2.05, 4.69) is 5.32 Å². The summed E-state index contributed by atoms with van der Waals surface area (Å²) in [5.74, 6) is -0.562. The van der Waals surface area contributed by atoms with Crippen molar-refractivity contribution in [2.45, 2.75) is 13.8 Å². The van der Waals surface area contributed by atoms with Crippen LogP contribution in [0.2, 0.25) is 0 Å². The van der Waals surface area contributed by atoms with E-state index in [9.17, 15) is 12.8 Å². The maximum absolute atomic E-state index is 14.5. The van der Waals surface area contributed by atoms with Crippen LogP contribution in [-0.4, -0.2) is 28.1 Å². The topological polar surface area (TPSA) is 52.6 Å². The van der Waals surface area contributed by atoms with Crippen molar-refractivity contribution in [3.8, 4) is 0 Å². The Balaban J connectivity index is 0.00000261. The van der Waals surface area contributed by atoms with Crippen LogP contribution in [0.15, 0.2) is 54.6 Å². The van der Waals surface area contributed by atoms with Crippen molar-refractivity contribution in [1.82, 2.24) is 5.32 Å². The van der Waals surface area contributed by atoms with Crippen molar-refractivity contribution in [2.24, 2.45) is 0 Å². The van der Waals surface area contributed by atoms with Crippen molar-refractivity contribution < 1.29 is 12.8 Å². The van der Waals surface area contributed by atoms with E-state index in [1.165, 1.54) is 16.4 Å². The number of rotatable bonds is 6. The number of halogens is 2. The molecule has 0 saturated heterocycles. The van der Waals surface area contributed by atoms with Crippen molar-refractivity contribution in [1.29, 1.82) is 0 Å². The Labute approximate surface area is 166 Å². The summed E-state index contributed by atoms with van der Waals surface area (Å²) in [5.41, 5.74) is 1.76. The smallest absolute Gasteiger partial charge is 0.314 e. The van der Waals surface area contributed by atoms with E-state index < -0.39 is 16.0 Å². The number of para-hydroxylation sites is 2. The normalized spacial score (nSPS) is 15.1. The minimum atomic E-state index is -3.91. The third kappa shape index (κ3) is 4.10. The summed E-state index contributed by atoms with van der Waals surface area (Å²) in [6.45, 7) is 5.47. The molecule has 0 aromatic heterocycles. The summed E-state index contributed by atoms with van der Waals surface area (Å²) >= 11 is 0. The summed E-state index contributed by atoms with van der Waals surface area (Å²) in [6.07, 6.45) is 3.68. The van der Waals surface area contributed by atoms with Crippen molar-refractivity contribution in [2.75, 3.05) is 28.2 Å². The fraction of sp³-hybridized carbons (Fsp3) is 0.263. The first-order valence-corrected chi connectivity index (χ1v) is 9.90. The Bertz CT molecular complexity index is 934. The molecular formula is C19H23ClFN3O2S. The quantitative estimate of drug-likeness (QED) is 0.579. The van der Waals surface area contributed by atoms with Gasteiger partial charge in [0.2, 0.25) is 0 Å². The minimum absolute atomic E-state index is 0. The average Bonchev–Trinajstić information content (AvgIpc) is 2.82. The van der Waals surface area contributed by atoms with Crippen LogP contribution in [0.4, 0.5) is 21.5 Å². The van der Waals surface area contributed by atoms with E-state index in [1.54, 1.807) is 43.3 Å². The molecule has 8 heteroatoms. The molecule has 0 fully saturated rings. The number of nitrogens with one attached hydrogen (secondary N) is 1. The van der Waals surface area contributed by atoms with Gasteiger partial charge in [-0.25, -0.2) is 13.0 Å². The summed E-state index contributed by atoms with van der Waals surface area (Å²) in [7, 11) is -3.91. The number of benzene rings is 2. The van der Waals surface area contributed by atoms with Gasteiger partial charge >= 0.3 is 10.2 Å². The Morgan fingerprint density at radius 2 is 1.78 bits per heavy atom. The molecule has 0 radical (unpaired) electrons. The fourth-order valence-corrected chi connectivity index (χ4v) is 4.57. The van der Waals surface area contributed by atoms with Gasteiger partial charge in [-0.05, 0) is 43.3 Å². The SMILES string of the molecule is CCNC/C=C\CN1c2ccccc2N(c2ccc(C)cc2F)S1(=O)=O.Cl. The van der Waals surface area contributed by atoms with Crippen molar-refractivity contribution >= 4 is 39.7 Å². The van der Waals surface area contributed by atoms with E-state index in [0.29, 0.717) is 17.9 Å². The highest BCUT2D eigenvalue weighted by molar-refractivity contribution is 7.95. The molecule has 146 valence electrons. The zero-order valence-corrected chi connectivity index (χ0v) is 16.9. The lowest BCUT2D eigenvalue weighted by Crippen LogP contribution is -2.35. The summed E-state index contributed by atoms with van der Waals surface area (Å²) in [4.78, 5) is 0. The molecule has 3 rings (SSSR count). The molecular weight excluding hydrogens is 389 g/mol. The van der Waals surface area contributed by atoms with Crippen LogP contribution in [0.3, 0.4) is 0 Å². The molecule has 0 bridgehead atoms. The van der Waals surface area contributed by atoms with Gasteiger partial charge in [-0.1, -0.05) is 37.3 Å². The molecule has 2 aromatic rings. The standard InChI is InChI=1S/C19H22FN3O2S.ClH/c1-3-21-12-6-7-13-22-18-8-4-5-9-19(18)23(26(22,24)25)17-11-10-15(2)14-16(17)20;/h4-11,14,21H,3,12-13H2,1-2H3;1H/b7-6-;. The van der Waals surface area contributed by atoms with E-state index in [0.717, 1.165) is 16.4 Å². The van der Waals surface area contributed by atoms with E-state index in [1.807, 2.05) is 13.0 Å². The molecule has 1 aliphatic rings. The molecule has 0 spiro atoms. The molecule has 0 saturated carbocycles. The van der Waals surface area contributed by atoms with Crippen LogP contribution in [0.1, 0.15) is 12.5 Å². The highest BCUT2D eigenvalue weighted by Crippen LogP contribution is 2.45. The zero-order valence-electron chi connectivity index (χ0n) is 15.2. The number of anilines is 3. The van der Waals surface area contributed by atoms with Gasteiger partial charge in [0.05, 0.1) is 23.6 Å². The highest BCUT2D eigenvalue weighted by Gasteiger charge is 2.41. The highest BCUT2D eigenvalue weighted by atomic mass is 35.5. The molecule has 5 nitrogen and oxygen atoms in total. The van der Waals surface area contributed by atoms with Crippen LogP contribution in [0.5, 0.6) is 0 Å². The number of fused-ring (bicyclic) bond motifs is 1. The molecule has 0 amide bonds. The van der Waals surface area contributed by atoms with Gasteiger partial charge in [-0.15, -0.1) is 12.4 Å². The van der Waals surface area contributed by atoms with Gasteiger partial charge in [0.1, 0.15) is 5.82 Å². The van der Waals surface area contributed by atoms with Crippen LogP contribution in [0, 0.1) is 12.7 Å². The maximum atomic E-state index is 14.5. The van der Waals surface area contributed by atoms with E-state index in [4.69, 9.17) is 0 Å². The molecule has 27 heavy (non-hydrogen) atoms. The second-order valence-corrected chi connectivity index (χ2v) is 7.73. The van der Waals surface area contributed by atoms with Gasteiger partial charge in [0.15, 0.2) is 0 Å². The Hall–Kier alpha value is -2.09. The first-order chi connectivity index (χ1) is 12.5. The Morgan fingerprint density at radius 1 is 1.07 bits per heavy atom. The number of likely N-dealkylation sites (N-methyl/N-ethyl adjacent to an activating group) is 1. The van der Waals surface area contributed by atoms with Crippen LogP contribution >= 0.6 is 12.4 Å². The predicted molar refractivity (Wildman–Crippen MR) is 111 cm³/mol. The van der Waals surface area contributed by atoms with Gasteiger partial charge in [0.25, 0.3) is 0 Å². The fourth-order valence-electron chi connectivity index (χ4n) is 2.90. The minimum Gasteiger partial charge on any atom is -0.314 e. The number of nitrogens with zero attached hydrogens (tertiary/aromatic N) is 2. The molecule has 0 atom stereocenters. The van der Waals surface area contributed by atoms with E-state index >= 15 is 0 Å². The van der Waals surface area contributed by atoms with Crippen LogP contribution in [-0.2, 0) is 10.2 Å². The molecule has 2 aromatic carbocycles. The summed E-state index contributed by atoms with van der Waals surface area (Å²) in [6, 6.07) is 11.5. The second kappa shape index (κ2) is 8.73. The zero-order chi connectivity index (χ0) is 18.7. The number of hydrogen-bond donors (Lipinski definition) is 1.